The van der Waals surface area contributed by atoms with Crippen molar-refractivity contribution >= 4 is 54.4 Å². The number of aromatic nitrogens is 2. The monoisotopic (exact) mass is 564 g/mol. The Balaban J connectivity index is 1.55. The predicted octanol–water partition coefficient (Wildman–Crippen LogP) is 10.1. The Morgan fingerprint density at radius 2 is 1.07 bits per heavy atom. The lowest BCUT2D eigenvalue weighted by Crippen LogP contribution is -2.10. The predicted molar refractivity (Wildman–Crippen MR) is 181 cm³/mol. The molecule has 0 saturated carbocycles. The number of nitrogens with zero attached hydrogens (tertiary/aromatic N) is 4. The van der Waals surface area contributed by atoms with Gasteiger partial charge in [-0.15, -0.1) is 0 Å². The molecule has 0 fully saturated rings. The summed E-state index contributed by atoms with van der Waals surface area (Å²) in [7, 11) is 0. The highest BCUT2D eigenvalue weighted by molar-refractivity contribution is 6.21. The van der Waals surface area contributed by atoms with E-state index in [-0.39, 0.29) is 5.41 Å². The smallest absolute Gasteiger partial charge is 0.104 e. The Hall–Kier alpha value is -5.84. The molecule has 4 heteroatoms. The molecule has 0 aliphatic heterocycles. The molecule has 208 valence electrons. The molecule has 0 radical (unpaired) electrons. The largest absolute Gasteiger partial charge is 0.308 e. The maximum atomic E-state index is 10.9. The molecule has 0 bridgehead atoms. The van der Waals surface area contributed by atoms with Crippen molar-refractivity contribution in [3.8, 4) is 23.5 Å². The molecular weight excluding hydrogens is 536 g/mol. The molecule has 0 atom stereocenters. The van der Waals surface area contributed by atoms with Crippen LogP contribution in [0, 0.1) is 22.7 Å². The zero-order valence-corrected chi connectivity index (χ0v) is 24.8. The van der Waals surface area contributed by atoms with E-state index < -0.39 is 0 Å². The first-order valence-corrected chi connectivity index (χ1v) is 14.8. The van der Waals surface area contributed by atoms with Gasteiger partial charge in [-0.05, 0) is 64.2 Å². The van der Waals surface area contributed by atoms with E-state index in [0.717, 1.165) is 54.4 Å². The maximum absolute atomic E-state index is 10.9. The van der Waals surface area contributed by atoms with Crippen LogP contribution in [0.5, 0.6) is 0 Å². The van der Waals surface area contributed by atoms with E-state index in [2.05, 4.69) is 121 Å². The van der Waals surface area contributed by atoms with Crippen LogP contribution in [-0.4, -0.2) is 9.13 Å². The van der Waals surface area contributed by atoms with Crippen LogP contribution >= 0.6 is 0 Å². The third-order valence-corrected chi connectivity index (χ3v) is 8.92. The topological polar surface area (TPSA) is 57.4 Å². The fraction of sp³-hybridized carbons (Fsp3) is 0.100. The molecular formula is C40H28N4. The highest BCUT2D eigenvalue weighted by atomic mass is 15.0. The lowest BCUT2D eigenvalue weighted by molar-refractivity contribution is 0.591. The summed E-state index contributed by atoms with van der Waals surface area (Å²) in [4.78, 5) is 0. The number of para-hydroxylation sites is 2. The van der Waals surface area contributed by atoms with Crippen molar-refractivity contribution in [3.63, 3.8) is 0 Å². The fourth-order valence-electron chi connectivity index (χ4n) is 6.84. The second kappa shape index (κ2) is 9.33. The van der Waals surface area contributed by atoms with Crippen molar-refractivity contribution in [2.24, 2.45) is 0 Å². The minimum Gasteiger partial charge on any atom is -0.308 e. The Bertz CT molecular complexity index is 2500. The van der Waals surface area contributed by atoms with E-state index in [0.29, 0.717) is 22.5 Å². The third-order valence-electron chi connectivity index (χ3n) is 8.92. The van der Waals surface area contributed by atoms with Crippen molar-refractivity contribution in [2.45, 2.75) is 26.2 Å². The molecule has 8 aromatic rings. The molecule has 2 heterocycles. The molecule has 0 amide bonds. The summed E-state index contributed by atoms with van der Waals surface area (Å²) in [6.07, 6.45) is 0. The first kappa shape index (κ1) is 25.8. The number of rotatable bonds is 2. The highest BCUT2D eigenvalue weighted by Gasteiger charge is 2.24. The lowest BCUT2D eigenvalue weighted by atomic mass is 9.86. The van der Waals surface area contributed by atoms with Crippen molar-refractivity contribution in [2.75, 3.05) is 0 Å². The Labute approximate surface area is 255 Å². The van der Waals surface area contributed by atoms with E-state index in [4.69, 9.17) is 0 Å². The van der Waals surface area contributed by atoms with Crippen LogP contribution in [0.4, 0.5) is 0 Å². The molecule has 6 aromatic carbocycles. The van der Waals surface area contributed by atoms with Gasteiger partial charge >= 0.3 is 0 Å². The zero-order chi connectivity index (χ0) is 30.2. The van der Waals surface area contributed by atoms with E-state index in [1.165, 1.54) is 5.56 Å². The van der Waals surface area contributed by atoms with Gasteiger partial charge in [0.2, 0.25) is 0 Å². The summed E-state index contributed by atoms with van der Waals surface area (Å²) in [5.41, 5.74) is 7.62. The minimum atomic E-state index is -0.0323. The van der Waals surface area contributed by atoms with Gasteiger partial charge in [-0.25, -0.2) is 0 Å². The molecule has 4 nitrogen and oxygen atoms in total. The second-order valence-corrected chi connectivity index (χ2v) is 12.5. The van der Waals surface area contributed by atoms with Crippen molar-refractivity contribution in [1.82, 2.24) is 9.13 Å². The molecule has 0 unspecified atom stereocenters. The van der Waals surface area contributed by atoms with Crippen molar-refractivity contribution in [3.05, 3.63) is 132 Å². The minimum absolute atomic E-state index is 0.0323. The number of hydrogen-bond acceptors (Lipinski definition) is 2. The van der Waals surface area contributed by atoms with Gasteiger partial charge in [0.1, 0.15) is 11.6 Å². The molecule has 8 rings (SSSR count). The summed E-state index contributed by atoms with van der Waals surface area (Å²) in [6.45, 7) is 6.69. The van der Waals surface area contributed by atoms with Gasteiger partial charge in [0, 0.05) is 21.5 Å². The van der Waals surface area contributed by atoms with Crippen LogP contribution < -0.4 is 0 Å². The Kier molecular flexibility index (Phi) is 5.48. The van der Waals surface area contributed by atoms with Gasteiger partial charge in [-0.3, -0.25) is 0 Å². The maximum Gasteiger partial charge on any atom is 0.104 e. The molecule has 0 aliphatic rings. The van der Waals surface area contributed by atoms with Crippen molar-refractivity contribution < 1.29 is 0 Å². The summed E-state index contributed by atoms with van der Waals surface area (Å²) in [6, 6.07) is 44.6. The van der Waals surface area contributed by atoms with Gasteiger partial charge in [-0.2, -0.15) is 10.5 Å². The summed E-state index contributed by atoms with van der Waals surface area (Å²) >= 11 is 0. The first-order valence-electron chi connectivity index (χ1n) is 14.8. The number of benzene rings is 6. The van der Waals surface area contributed by atoms with Gasteiger partial charge in [-0.1, -0.05) is 93.6 Å². The normalized spacial score (nSPS) is 11.9. The van der Waals surface area contributed by atoms with Crippen molar-refractivity contribution in [1.29, 1.82) is 10.5 Å². The average Bonchev–Trinajstić information content (AvgIpc) is 3.56. The number of nitriles is 2. The number of fused-ring (bicyclic) bond motifs is 8. The van der Waals surface area contributed by atoms with E-state index in [1.807, 2.05) is 36.4 Å². The van der Waals surface area contributed by atoms with E-state index in [1.54, 1.807) is 0 Å². The quantitative estimate of drug-likeness (QED) is 0.210. The Morgan fingerprint density at radius 3 is 1.68 bits per heavy atom. The van der Waals surface area contributed by atoms with Crippen LogP contribution in [0.15, 0.2) is 115 Å². The summed E-state index contributed by atoms with van der Waals surface area (Å²) in [5.74, 6) is 0. The lowest BCUT2D eigenvalue weighted by Gasteiger charge is -2.19. The molecule has 44 heavy (non-hydrogen) atoms. The van der Waals surface area contributed by atoms with Crippen LogP contribution in [0.25, 0.3) is 65.8 Å². The van der Waals surface area contributed by atoms with Crippen LogP contribution in [-0.2, 0) is 5.41 Å². The van der Waals surface area contributed by atoms with Crippen LogP contribution in [0.3, 0.4) is 0 Å². The molecule has 0 saturated heterocycles. The fourth-order valence-corrected chi connectivity index (χ4v) is 6.84. The molecule has 0 spiro atoms. The summed E-state index contributed by atoms with van der Waals surface area (Å²) < 4.78 is 4.31. The summed E-state index contributed by atoms with van der Waals surface area (Å²) in [5, 5.41) is 28.0. The van der Waals surface area contributed by atoms with E-state index >= 15 is 0 Å². The second-order valence-electron chi connectivity index (χ2n) is 12.5. The van der Waals surface area contributed by atoms with Crippen LogP contribution in [0.2, 0.25) is 0 Å². The van der Waals surface area contributed by atoms with Gasteiger partial charge in [0.25, 0.3) is 0 Å². The molecule has 0 N–H and O–H groups in total. The van der Waals surface area contributed by atoms with Gasteiger partial charge in [0.05, 0.1) is 45.1 Å². The third kappa shape index (κ3) is 3.62. The SMILES string of the molecule is CC(C)(C)c1ccc2c(c1)c1c3ccccc3ccc1n2-c1cc(C#N)cc(-n2c3ccccc3c3ccccc32)c1C#N. The van der Waals surface area contributed by atoms with E-state index in [9.17, 15) is 10.5 Å². The average molecular weight is 565 g/mol. The molecule has 0 aliphatic carbocycles. The van der Waals surface area contributed by atoms with Crippen LogP contribution in [0.1, 0.15) is 37.5 Å². The molecule has 2 aromatic heterocycles. The van der Waals surface area contributed by atoms with Gasteiger partial charge < -0.3 is 9.13 Å². The number of hydrogen-bond donors (Lipinski definition) is 0. The standard InChI is InChI=1S/C40H28N4/c1-40(2,3)27-17-19-35-31(22-27)39-28-11-5-4-10-26(28)16-18-36(39)44(35)38-21-25(23-41)20-37(32(38)24-42)43-33-14-8-6-12-29(33)30-13-7-9-15-34(30)43/h4-22H,1-3H3. The highest BCUT2D eigenvalue weighted by Crippen LogP contribution is 2.41. The Morgan fingerprint density at radius 1 is 0.523 bits per heavy atom. The first-order chi connectivity index (χ1) is 21.4. The zero-order valence-electron chi connectivity index (χ0n) is 24.8. The van der Waals surface area contributed by atoms with Gasteiger partial charge in [0.15, 0.2) is 0 Å².